The molecule has 0 aliphatic heterocycles. The normalized spacial score (nSPS) is 9.10. The van der Waals surface area contributed by atoms with Crippen molar-refractivity contribution in [2.45, 2.75) is 4.84 Å². The van der Waals surface area contributed by atoms with E-state index in [4.69, 9.17) is 23.2 Å². The van der Waals surface area contributed by atoms with Crippen molar-refractivity contribution in [3.8, 4) is 0 Å². The van der Waals surface area contributed by atoms with Gasteiger partial charge in [-0.1, -0.05) is 30.3 Å². The van der Waals surface area contributed by atoms with Crippen molar-refractivity contribution in [2.75, 3.05) is 0 Å². The second-order valence-electron chi connectivity index (χ2n) is 1.71. The zero-order valence-corrected chi connectivity index (χ0v) is 6.94. The van der Waals surface area contributed by atoms with Gasteiger partial charge in [0.15, 0.2) is 0 Å². The Morgan fingerprint density at radius 3 is 1.80 bits per heavy atom. The molecule has 3 heteroatoms. The molecular formula is C7H9Cl2N. The molecule has 0 amide bonds. The molecule has 0 unspecified atom stereocenters. The van der Waals surface area contributed by atoms with Crippen molar-refractivity contribution in [2.24, 2.45) is 0 Å². The van der Waals surface area contributed by atoms with Crippen molar-refractivity contribution in [1.29, 1.82) is 0 Å². The van der Waals surface area contributed by atoms with Gasteiger partial charge in [-0.3, -0.25) is 0 Å². The van der Waals surface area contributed by atoms with Gasteiger partial charge in [-0.2, -0.15) is 0 Å². The summed E-state index contributed by atoms with van der Waals surface area (Å²) in [5, 5.41) is 0. The van der Waals surface area contributed by atoms with Gasteiger partial charge < -0.3 is 6.15 Å². The van der Waals surface area contributed by atoms with Gasteiger partial charge in [-0.15, -0.1) is 23.2 Å². The Morgan fingerprint density at radius 1 is 1.00 bits per heavy atom. The summed E-state index contributed by atoms with van der Waals surface area (Å²) in [5.41, 5.74) is 0.945. The van der Waals surface area contributed by atoms with Crippen molar-refractivity contribution in [3.05, 3.63) is 35.9 Å². The van der Waals surface area contributed by atoms with Crippen molar-refractivity contribution >= 4 is 23.2 Å². The second kappa shape index (κ2) is 4.56. The third-order valence-electron chi connectivity index (χ3n) is 1.05. The van der Waals surface area contributed by atoms with Crippen LogP contribution in [0.2, 0.25) is 0 Å². The molecule has 0 saturated heterocycles. The lowest BCUT2D eigenvalue weighted by molar-refractivity contribution is 1.35. The Labute approximate surface area is 70.5 Å². The molecule has 0 heterocycles. The van der Waals surface area contributed by atoms with E-state index in [9.17, 15) is 0 Å². The molecule has 1 nitrogen and oxygen atoms in total. The lowest BCUT2D eigenvalue weighted by atomic mass is 10.2. The fourth-order valence-electron chi connectivity index (χ4n) is 0.599. The monoisotopic (exact) mass is 177 g/mol. The van der Waals surface area contributed by atoms with Crippen LogP contribution >= 0.6 is 23.2 Å². The van der Waals surface area contributed by atoms with E-state index in [1.807, 2.05) is 30.3 Å². The molecule has 0 aliphatic rings. The Hall–Kier alpha value is -0.240. The van der Waals surface area contributed by atoms with Gasteiger partial charge in [-0.25, -0.2) is 0 Å². The number of halogens is 2. The maximum absolute atomic E-state index is 5.57. The lowest BCUT2D eigenvalue weighted by Crippen LogP contribution is -1.76. The molecule has 1 rings (SSSR count). The van der Waals surface area contributed by atoms with Gasteiger partial charge in [0.2, 0.25) is 0 Å². The van der Waals surface area contributed by atoms with Crippen molar-refractivity contribution < 1.29 is 0 Å². The SMILES string of the molecule is ClC(Cl)c1ccccc1.N. The first-order chi connectivity index (χ1) is 4.30. The molecule has 56 valence electrons. The minimum atomic E-state index is -0.397. The molecule has 10 heavy (non-hydrogen) atoms. The largest absolute Gasteiger partial charge is 0.344 e. The number of hydrogen-bond acceptors (Lipinski definition) is 1. The van der Waals surface area contributed by atoms with Crippen LogP contribution in [0.15, 0.2) is 30.3 Å². The van der Waals surface area contributed by atoms with Crippen LogP contribution in [0.4, 0.5) is 0 Å². The minimum absolute atomic E-state index is 0. The maximum atomic E-state index is 5.57. The molecule has 0 aromatic heterocycles. The average molecular weight is 178 g/mol. The molecule has 0 aliphatic carbocycles. The van der Waals surface area contributed by atoms with E-state index in [1.54, 1.807) is 0 Å². The number of benzene rings is 1. The predicted octanol–water partition coefficient (Wildman–Crippen LogP) is 3.32. The molecule has 3 N–H and O–H groups in total. The molecule has 1 aromatic rings. The van der Waals surface area contributed by atoms with Crippen LogP contribution in [0.5, 0.6) is 0 Å². The highest BCUT2D eigenvalue weighted by atomic mass is 35.5. The number of hydrogen-bond donors (Lipinski definition) is 1. The third kappa shape index (κ3) is 2.56. The number of alkyl halides is 2. The lowest BCUT2D eigenvalue weighted by Gasteiger charge is -1.97. The third-order valence-corrected chi connectivity index (χ3v) is 1.56. The molecule has 0 spiro atoms. The van der Waals surface area contributed by atoms with Gasteiger partial charge in [-0.05, 0) is 5.56 Å². The highest BCUT2D eigenvalue weighted by Gasteiger charge is 1.98. The summed E-state index contributed by atoms with van der Waals surface area (Å²) in [4.78, 5) is -0.397. The first-order valence-electron chi connectivity index (χ1n) is 2.64. The van der Waals surface area contributed by atoms with Crippen molar-refractivity contribution in [1.82, 2.24) is 6.15 Å². The van der Waals surface area contributed by atoms with Gasteiger partial charge in [0.1, 0.15) is 4.84 Å². The maximum Gasteiger partial charge on any atom is 0.132 e. The zero-order valence-electron chi connectivity index (χ0n) is 5.43. The smallest absolute Gasteiger partial charge is 0.132 e. The summed E-state index contributed by atoms with van der Waals surface area (Å²) in [7, 11) is 0. The Kier molecular flexibility index (Phi) is 4.45. The van der Waals surface area contributed by atoms with Crippen LogP contribution in [0.3, 0.4) is 0 Å². The summed E-state index contributed by atoms with van der Waals surface area (Å²) in [6.45, 7) is 0. The predicted molar refractivity (Wildman–Crippen MR) is 45.9 cm³/mol. The Bertz CT molecular complexity index is 174. The molecule has 0 fully saturated rings. The van der Waals surface area contributed by atoms with Crippen molar-refractivity contribution in [3.63, 3.8) is 0 Å². The van der Waals surface area contributed by atoms with E-state index in [-0.39, 0.29) is 6.15 Å². The summed E-state index contributed by atoms with van der Waals surface area (Å²) in [6.07, 6.45) is 0. The van der Waals surface area contributed by atoms with E-state index in [0.717, 1.165) is 5.56 Å². The topological polar surface area (TPSA) is 35.0 Å². The zero-order chi connectivity index (χ0) is 6.69. The van der Waals surface area contributed by atoms with E-state index < -0.39 is 4.84 Å². The van der Waals surface area contributed by atoms with E-state index in [1.165, 1.54) is 0 Å². The van der Waals surface area contributed by atoms with Crippen LogP contribution in [-0.2, 0) is 0 Å². The minimum Gasteiger partial charge on any atom is -0.344 e. The highest BCUT2D eigenvalue weighted by Crippen LogP contribution is 2.23. The molecule has 0 bridgehead atoms. The summed E-state index contributed by atoms with van der Waals surface area (Å²) in [6, 6.07) is 9.54. The molecule has 1 aromatic carbocycles. The van der Waals surface area contributed by atoms with Gasteiger partial charge in [0.25, 0.3) is 0 Å². The van der Waals surface area contributed by atoms with Gasteiger partial charge >= 0.3 is 0 Å². The van der Waals surface area contributed by atoms with Gasteiger partial charge in [0, 0.05) is 0 Å². The first kappa shape index (κ1) is 9.76. The highest BCUT2D eigenvalue weighted by molar-refractivity contribution is 6.44. The quantitative estimate of drug-likeness (QED) is 0.657. The first-order valence-corrected chi connectivity index (χ1v) is 3.51. The van der Waals surface area contributed by atoms with E-state index >= 15 is 0 Å². The van der Waals surface area contributed by atoms with E-state index in [0.29, 0.717) is 0 Å². The van der Waals surface area contributed by atoms with Crippen LogP contribution in [0, 0.1) is 0 Å². The summed E-state index contributed by atoms with van der Waals surface area (Å²) >= 11 is 11.1. The number of rotatable bonds is 1. The standard InChI is InChI=1S/C7H6Cl2.H3N/c8-7(9)6-4-2-1-3-5-6;/h1-5,7H;1H3. The van der Waals surface area contributed by atoms with Crippen LogP contribution in [-0.4, -0.2) is 0 Å². The molecular weight excluding hydrogens is 169 g/mol. The fraction of sp³-hybridized carbons (Fsp3) is 0.143. The average Bonchev–Trinajstić information content (AvgIpc) is 1.90. The Morgan fingerprint density at radius 2 is 1.50 bits per heavy atom. The second-order valence-corrected chi connectivity index (χ2v) is 2.81. The summed E-state index contributed by atoms with van der Waals surface area (Å²) in [5.74, 6) is 0. The van der Waals surface area contributed by atoms with Crippen LogP contribution < -0.4 is 6.15 Å². The molecule has 0 saturated carbocycles. The fourth-order valence-corrected chi connectivity index (χ4v) is 0.889. The van der Waals surface area contributed by atoms with E-state index in [2.05, 4.69) is 0 Å². The van der Waals surface area contributed by atoms with Gasteiger partial charge in [0.05, 0.1) is 0 Å². The summed E-state index contributed by atoms with van der Waals surface area (Å²) < 4.78 is 0. The molecule has 0 radical (unpaired) electrons. The Balaban J connectivity index is 0.000000810. The molecule has 0 atom stereocenters. The van der Waals surface area contributed by atoms with Crippen LogP contribution in [0.1, 0.15) is 10.4 Å². The van der Waals surface area contributed by atoms with Crippen LogP contribution in [0.25, 0.3) is 0 Å².